The molecule has 0 bridgehead atoms. The molecule has 0 radical (unpaired) electrons. The van der Waals surface area contributed by atoms with Crippen molar-refractivity contribution >= 4 is 17.4 Å². The van der Waals surface area contributed by atoms with E-state index in [1.165, 1.54) is 19.3 Å². The van der Waals surface area contributed by atoms with Crippen LogP contribution in [-0.2, 0) is 4.74 Å². The van der Waals surface area contributed by atoms with Gasteiger partial charge in [0.25, 0.3) is 0 Å². The van der Waals surface area contributed by atoms with Crippen molar-refractivity contribution in [2.75, 3.05) is 11.9 Å². The molecule has 1 heterocycles. The molecule has 0 amide bonds. The molecule has 18 heavy (non-hydrogen) atoms. The van der Waals surface area contributed by atoms with Gasteiger partial charge in [-0.3, -0.25) is 0 Å². The van der Waals surface area contributed by atoms with Gasteiger partial charge < -0.3 is 10.1 Å². The van der Waals surface area contributed by atoms with Crippen LogP contribution in [0.4, 0.5) is 5.82 Å². The van der Waals surface area contributed by atoms with E-state index in [2.05, 4.69) is 17.2 Å². The van der Waals surface area contributed by atoms with E-state index in [0.29, 0.717) is 22.7 Å². The zero-order valence-electron chi connectivity index (χ0n) is 10.7. The maximum Gasteiger partial charge on any atom is 0.131 e. The normalized spacial score (nSPS) is 28.6. The minimum Gasteiger partial charge on any atom is -0.378 e. The van der Waals surface area contributed by atoms with Crippen molar-refractivity contribution < 1.29 is 4.74 Å². The highest BCUT2D eigenvalue weighted by Gasteiger charge is 2.58. The Kier molecular flexibility index (Phi) is 3.20. The molecule has 3 rings (SSSR count). The van der Waals surface area contributed by atoms with Gasteiger partial charge in [0, 0.05) is 18.1 Å². The third-order valence-electron chi connectivity index (χ3n) is 4.47. The SMILES string of the molecule is CCOC1CC(Nc2cccc(Cl)n2)C12CCC2. The number of aromatic nitrogens is 1. The summed E-state index contributed by atoms with van der Waals surface area (Å²) in [4.78, 5) is 4.30. The summed E-state index contributed by atoms with van der Waals surface area (Å²) in [5.74, 6) is 0.883. The van der Waals surface area contributed by atoms with Gasteiger partial charge >= 0.3 is 0 Å². The molecule has 1 aromatic rings. The summed E-state index contributed by atoms with van der Waals surface area (Å²) in [5.41, 5.74) is 0.361. The molecule has 1 N–H and O–H groups in total. The average Bonchev–Trinajstić information content (AvgIpc) is 2.25. The summed E-state index contributed by atoms with van der Waals surface area (Å²) in [6, 6.07) is 6.21. The minimum atomic E-state index is 0.361. The largest absolute Gasteiger partial charge is 0.378 e. The number of pyridine rings is 1. The van der Waals surface area contributed by atoms with Crippen LogP contribution >= 0.6 is 11.6 Å². The fraction of sp³-hybridized carbons (Fsp3) is 0.643. The van der Waals surface area contributed by atoms with E-state index in [0.717, 1.165) is 18.8 Å². The fourth-order valence-electron chi connectivity index (χ4n) is 3.31. The lowest BCUT2D eigenvalue weighted by molar-refractivity contribution is -0.157. The van der Waals surface area contributed by atoms with Crippen molar-refractivity contribution in [3.63, 3.8) is 0 Å². The predicted octanol–water partition coefficient (Wildman–Crippen LogP) is 3.49. The zero-order chi connectivity index (χ0) is 12.6. The summed E-state index contributed by atoms with van der Waals surface area (Å²) in [6.45, 7) is 2.89. The molecule has 2 unspecified atom stereocenters. The van der Waals surface area contributed by atoms with Crippen molar-refractivity contribution in [1.29, 1.82) is 0 Å². The fourth-order valence-corrected chi connectivity index (χ4v) is 3.47. The summed E-state index contributed by atoms with van der Waals surface area (Å²) in [6.07, 6.45) is 5.39. The van der Waals surface area contributed by atoms with Crippen molar-refractivity contribution in [2.45, 2.75) is 44.8 Å². The van der Waals surface area contributed by atoms with Gasteiger partial charge in [-0.1, -0.05) is 24.1 Å². The molecule has 0 aliphatic heterocycles. The van der Waals surface area contributed by atoms with Crippen molar-refractivity contribution in [3.05, 3.63) is 23.4 Å². The van der Waals surface area contributed by atoms with Gasteiger partial charge in [-0.05, 0) is 38.3 Å². The smallest absolute Gasteiger partial charge is 0.131 e. The van der Waals surface area contributed by atoms with E-state index in [4.69, 9.17) is 16.3 Å². The van der Waals surface area contributed by atoms with Crippen LogP contribution < -0.4 is 5.32 Å². The van der Waals surface area contributed by atoms with Crippen LogP contribution in [0.3, 0.4) is 0 Å². The van der Waals surface area contributed by atoms with Crippen molar-refractivity contribution in [2.24, 2.45) is 5.41 Å². The third-order valence-corrected chi connectivity index (χ3v) is 4.69. The lowest BCUT2D eigenvalue weighted by atomic mass is 9.51. The average molecular weight is 267 g/mol. The molecule has 2 aliphatic rings. The number of halogens is 1. The molecule has 2 fully saturated rings. The van der Waals surface area contributed by atoms with Gasteiger partial charge in [0.15, 0.2) is 0 Å². The van der Waals surface area contributed by atoms with E-state index >= 15 is 0 Å². The summed E-state index contributed by atoms with van der Waals surface area (Å²) < 4.78 is 5.84. The van der Waals surface area contributed by atoms with Crippen LogP contribution in [0.2, 0.25) is 5.15 Å². The summed E-state index contributed by atoms with van der Waals surface area (Å²) in [7, 11) is 0. The molecule has 2 saturated carbocycles. The number of anilines is 1. The molecule has 0 aromatic carbocycles. The van der Waals surface area contributed by atoms with Gasteiger partial charge in [0.2, 0.25) is 0 Å². The Labute approximate surface area is 113 Å². The van der Waals surface area contributed by atoms with Crippen LogP contribution in [0.15, 0.2) is 18.2 Å². The minimum absolute atomic E-state index is 0.361. The highest BCUT2D eigenvalue weighted by molar-refractivity contribution is 6.29. The Bertz CT molecular complexity index is 434. The van der Waals surface area contributed by atoms with Gasteiger partial charge in [-0.25, -0.2) is 4.98 Å². The maximum atomic E-state index is 5.91. The van der Waals surface area contributed by atoms with Crippen LogP contribution in [0, 0.1) is 5.41 Å². The van der Waals surface area contributed by atoms with Gasteiger partial charge in [-0.2, -0.15) is 0 Å². The van der Waals surface area contributed by atoms with Crippen molar-refractivity contribution in [3.8, 4) is 0 Å². The first-order valence-electron chi connectivity index (χ1n) is 6.75. The first kappa shape index (κ1) is 12.2. The summed E-state index contributed by atoms with van der Waals surface area (Å²) >= 11 is 5.91. The van der Waals surface area contributed by atoms with Gasteiger partial charge in [-0.15, -0.1) is 0 Å². The number of ether oxygens (including phenoxy) is 1. The van der Waals surface area contributed by atoms with Crippen LogP contribution in [0.1, 0.15) is 32.6 Å². The molecule has 98 valence electrons. The second-order valence-corrected chi connectivity index (χ2v) is 5.70. The van der Waals surface area contributed by atoms with E-state index in [-0.39, 0.29) is 0 Å². The van der Waals surface area contributed by atoms with Gasteiger partial charge in [0.05, 0.1) is 6.10 Å². The van der Waals surface area contributed by atoms with Crippen LogP contribution in [0.5, 0.6) is 0 Å². The maximum absolute atomic E-state index is 5.91. The number of nitrogens with zero attached hydrogens (tertiary/aromatic N) is 1. The Morgan fingerprint density at radius 2 is 2.33 bits per heavy atom. The van der Waals surface area contributed by atoms with E-state index in [1.807, 2.05) is 12.1 Å². The number of hydrogen-bond acceptors (Lipinski definition) is 3. The first-order chi connectivity index (χ1) is 8.74. The van der Waals surface area contributed by atoms with Crippen LogP contribution in [0.25, 0.3) is 0 Å². The van der Waals surface area contributed by atoms with Crippen molar-refractivity contribution in [1.82, 2.24) is 4.98 Å². The molecule has 2 atom stereocenters. The number of hydrogen-bond donors (Lipinski definition) is 1. The second-order valence-electron chi connectivity index (χ2n) is 5.31. The molecular formula is C14H19ClN2O. The lowest BCUT2D eigenvalue weighted by Crippen LogP contribution is -2.64. The van der Waals surface area contributed by atoms with E-state index in [1.54, 1.807) is 6.07 Å². The number of nitrogens with one attached hydrogen (secondary N) is 1. The highest BCUT2D eigenvalue weighted by atomic mass is 35.5. The van der Waals surface area contributed by atoms with E-state index < -0.39 is 0 Å². The highest BCUT2D eigenvalue weighted by Crippen LogP contribution is 2.58. The Morgan fingerprint density at radius 3 is 2.94 bits per heavy atom. The molecular weight excluding hydrogens is 248 g/mol. The topological polar surface area (TPSA) is 34.1 Å². The quantitative estimate of drug-likeness (QED) is 0.847. The molecule has 4 heteroatoms. The molecule has 1 aromatic heterocycles. The third kappa shape index (κ3) is 1.90. The van der Waals surface area contributed by atoms with Crippen LogP contribution in [-0.4, -0.2) is 23.7 Å². The van der Waals surface area contributed by atoms with Gasteiger partial charge in [0.1, 0.15) is 11.0 Å². The second kappa shape index (κ2) is 4.71. The monoisotopic (exact) mass is 266 g/mol. The molecule has 2 aliphatic carbocycles. The Balaban J connectivity index is 1.68. The standard InChI is InChI=1S/C14H19ClN2O/c1-2-18-11-9-10(14(11)7-4-8-14)16-13-6-3-5-12(15)17-13/h3,5-6,10-11H,2,4,7-9H2,1H3,(H,16,17). The Hall–Kier alpha value is -0.800. The zero-order valence-corrected chi connectivity index (χ0v) is 11.4. The Morgan fingerprint density at radius 1 is 1.50 bits per heavy atom. The lowest BCUT2D eigenvalue weighted by Gasteiger charge is -2.61. The van der Waals surface area contributed by atoms with E-state index in [9.17, 15) is 0 Å². The molecule has 0 saturated heterocycles. The summed E-state index contributed by atoms with van der Waals surface area (Å²) in [5, 5.41) is 4.07. The molecule has 1 spiro atoms. The number of rotatable bonds is 4. The molecule has 3 nitrogen and oxygen atoms in total. The first-order valence-corrected chi connectivity index (χ1v) is 7.13. The predicted molar refractivity (Wildman–Crippen MR) is 73.0 cm³/mol.